The number of carbonyl (C=O) groups excluding carboxylic acids is 1. The Morgan fingerprint density at radius 2 is 1.53 bits per heavy atom. The topological polar surface area (TPSA) is 29.1 Å². The van der Waals surface area contributed by atoms with Crippen molar-refractivity contribution in [3.05, 3.63) is 61.5 Å². The van der Waals surface area contributed by atoms with Gasteiger partial charge in [0.05, 0.1) is 20.8 Å². The van der Waals surface area contributed by atoms with Gasteiger partial charge in [-0.1, -0.05) is 50.7 Å². The number of anilines is 1. The third-order valence-electron chi connectivity index (χ3n) is 2.36. The van der Waals surface area contributed by atoms with Crippen molar-refractivity contribution in [2.75, 3.05) is 5.32 Å². The Labute approximate surface area is 133 Å². The fourth-order valence-electron chi connectivity index (χ4n) is 1.41. The predicted molar refractivity (Wildman–Crippen MR) is 83.6 cm³/mol. The van der Waals surface area contributed by atoms with Crippen LogP contribution in [0.1, 0.15) is 10.4 Å². The highest BCUT2D eigenvalue weighted by Crippen LogP contribution is 2.32. The molecule has 1 N–H and O–H groups in total. The van der Waals surface area contributed by atoms with Gasteiger partial charge in [-0.05, 0) is 36.4 Å². The molecule has 1 amide bonds. The normalized spacial score (nSPS) is 10.3. The number of benzene rings is 2. The summed E-state index contributed by atoms with van der Waals surface area (Å²) in [6, 6.07) is 9.97. The summed E-state index contributed by atoms with van der Waals surface area (Å²) in [5.74, 6) is -0.271. The van der Waals surface area contributed by atoms with Crippen molar-refractivity contribution in [1.29, 1.82) is 0 Å². The van der Waals surface area contributed by atoms with Crippen molar-refractivity contribution in [3.63, 3.8) is 0 Å². The monoisotopic (exact) mass is 377 g/mol. The average Bonchev–Trinajstić information content (AvgIpc) is 2.36. The first kappa shape index (κ1) is 14.7. The van der Waals surface area contributed by atoms with E-state index in [1.54, 1.807) is 24.3 Å². The minimum Gasteiger partial charge on any atom is -0.321 e. The number of carbonyl (C=O) groups is 1. The van der Waals surface area contributed by atoms with Crippen LogP contribution in [0.5, 0.6) is 0 Å². The van der Waals surface area contributed by atoms with Crippen LogP contribution in [0.15, 0.2) is 40.9 Å². The van der Waals surface area contributed by atoms with E-state index >= 15 is 0 Å². The maximum atomic E-state index is 12.0. The molecule has 98 valence electrons. The van der Waals surface area contributed by atoms with Gasteiger partial charge in [0, 0.05) is 10.0 Å². The molecule has 0 saturated carbocycles. The van der Waals surface area contributed by atoms with Gasteiger partial charge in [0.25, 0.3) is 5.91 Å². The molecule has 0 heterocycles. The number of halogens is 4. The lowest BCUT2D eigenvalue weighted by molar-refractivity contribution is 0.102. The Morgan fingerprint density at radius 3 is 2.16 bits per heavy atom. The van der Waals surface area contributed by atoms with Crippen LogP contribution in [0, 0.1) is 0 Å². The Balaban J connectivity index is 2.24. The van der Waals surface area contributed by atoms with Crippen molar-refractivity contribution in [2.24, 2.45) is 0 Å². The van der Waals surface area contributed by atoms with Crippen LogP contribution in [0.2, 0.25) is 15.1 Å². The number of rotatable bonds is 2. The van der Waals surface area contributed by atoms with E-state index in [0.717, 1.165) is 4.47 Å². The van der Waals surface area contributed by atoms with Crippen molar-refractivity contribution >= 4 is 62.3 Å². The standard InChI is InChI=1S/C13H7BrCl3NO/c14-8-3-1-7(2-4-8)13(19)18-12-6-10(16)9(15)5-11(12)17/h1-6H,(H,18,19). The van der Waals surface area contributed by atoms with Gasteiger partial charge in [-0.2, -0.15) is 0 Å². The molecule has 19 heavy (non-hydrogen) atoms. The molecule has 0 saturated heterocycles. The molecule has 0 spiro atoms. The van der Waals surface area contributed by atoms with Crippen LogP contribution in [-0.2, 0) is 0 Å². The smallest absolute Gasteiger partial charge is 0.255 e. The Morgan fingerprint density at radius 1 is 0.947 bits per heavy atom. The SMILES string of the molecule is O=C(Nc1cc(Cl)c(Cl)cc1Cl)c1ccc(Br)cc1. The van der Waals surface area contributed by atoms with Crippen molar-refractivity contribution in [1.82, 2.24) is 0 Å². The molecule has 0 radical (unpaired) electrons. The third-order valence-corrected chi connectivity index (χ3v) is 3.93. The first-order valence-corrected chi connectivity index (χ1v) is 7.11. The summed E-state index contributed by atoms with van der Waals surface area (Å²) < 4.78 is 0.900. The highest BCUT2D eigenvalue weighted by atomic mass is 79.9. The number of amides is 1. The second kappa shape index (κ2) is 6.14. The Kier molecular flexibility index (Phi) is 4.74. The molecule has 2 nitrogen and oxygen atoms in total. The summed E-state index contributed by atoms with van der Waals surface area (Å²) in [6.07, 6.45) is 0. The minimum absolute atomic E-state index is 0.271. The van der Waals surface area contributed by atoms with Crippen LogP contribution >= 0.6 is 50.7 Å². The van der Waals surface area contributed by atoms with Gasteiger partial charge in [-0.15, -0.1) is 0 Å². The molecule has 0 aliphatic carbocycles. The van der Waals surface area contributed by atoms with E-state index in [-0.39, 0.29) is 5.91 Å². The molecule has 2 aromatic rings. The second-order valence-electron chi connectivity index (χ2n) is 3.71. The number of nitrogens with one attached hydrogen (secondary N) is 1. The lowest BCUT2D eigenvalue weighted by Gasteiger charge is -2.08. The fraction of sp³-hybridized carbons (Fsp3) is 0. The van der Waals surface area contributed by atoms with E-state index in [1.807, 2.05) is 0 Å². The van der Waals surface area contributed by atoms with E-state index in [0.29, 0.717) is 26.3 Å². The first-order chi connectivity index (χ1) is 8.97. The Hall–Kier alpha value is -0.740. The Bertz CT molecular complexity index is 629. The summed E-state index contributed by atoms with van der Waals surface area (Å²) in [4.78, 5) is 12.0. The summed E-state index contributed by atoms with van der Waals surface area (Å²) in [5.41, 5.74) is 0.939. The van der Waals surface area contributed by atoms with Gasteiger partial charge in [0.15, 0.2) is 0 Å². The zero-order valence-corrected chi connectivity index (χ0v) is 13.2. The molecule has 0 bridgehead atoms. The highest BCUT2D eigenvalue weighted by Gasteiger charge is 2.10. The fourth-order valence-corrected chi connectivity index (χ4v) is 2.27. The average molecular weight is 379 g/mol. The minimum atomic E-state index is -0.271. The lowest BCUT2D eigenvalue weighted by atomic mass is 10.2. The summed E-state index contributed by atoms with van der Waals surface area (Å²) >= 11 is 21.0. The molecular weight excluding hydrogens is 372 g/mol. The molecule has 6 heteroatoms. The summed E-state index contributed by atoms with van der Waals surface area (Å²) in [5, 5.41) is 3.69. The van der Waals surface area contributed by atoms with E-state index in [9.17, 15) is 4.79 Å². The van der Waals surface area contributed by atoms with Crippen LogP contribution in [0.25, 0.3) is 0 Å². The van der Waals surface area contributed by atoms with E-state index in [4.69, 9.17) is 34.8 Å². The molecule has 2 rings (SSSR count). The zero-order chi connectivity index (χ0) is 14.0. The molecule has 0 unspecified atom stereocenters. The van der Waals surface area contributed by atoms with Gasteiger partial charge in [-0.3, -0.25) is 4.79 Å². The largest absolute Gasteiger partial charge is 0.321 e. The number of hydrogen-bond acceptors (Lipinski definition) is 1. The molecule has 0 aliphatic rings. The van der Waals surface area contributed by atoms with E-state index in [1.165, 1.54) is 12.1 Å². The highest BCUT2D eigenvalue weighted by molar-refractivity contribution is 9.10. The first-order valence-electron chi connectivity index (χ1n) is 5.19. The molecule has 0 fully saturated rings. The lowest BCUT2D eigenvalue weighted by Crippen LogP contribution is -2.12. The summed E-state index contributed by atoms with van der Waals surface area (Å²) in [6.45, 7) is 0. The van der Waals surface area contributed by atoms with Gasteiger partial charge >= 0.3 is 0 Å². The zero-order valence-electron chi connectivity index (χ0n) is 9.38. The molecule has 0 aromatic heterocycles. The summed E-state index contributed by atoms with van der Waals surface area (Å²) in [7, 11) is 0. The van der Waals surface area contributed by atoms with Crippen LogP contribution < -0.4 is 5.32 Å². The quantitative estimate of drug-likeness (QED) is 0.670. The van der Waals surface area contributed by atoms with Crippen molar-refractivity contribution in [2.45, 2.75) is 0 Å². The van der Waals surface area contributed by atoms with E-state index in [2.05, 4.69) is 21.2 Å². The van der Waals surface area contributed by atoms with Crippen LogP contribution in [-0.4, -0.2) is 5.91 Å². The maximum Gasteiger partial charge on any atom is 0.255 e. The molecule has 0 aliphatic heterocycles. The van der Waals surface area contributed by atoms with Crippen LogP contribution in [0.4, 0.5) is 5.69 Å². The maximum absolute atomic E-state index is 12.0. The van der Waals surface area contributed by atoms with Crippen molar-refractivity contribution < 1.29 is 4.79 Å². The van der Waals surface area contributed by atoms with Crippen LogP contribution in [0.3, 0.4) is 0 Å². The second-order valence-corrected chi connectivity index (χ2v) is 5.84. The molecule has 0 atom stereocenters. The van der Waals surface area contributed by atoms with Gasteiger partial charge < -0.3 is 5.32 Å². The van der Waals surface area contributed by atoms with E-state index < -0.39 is 0 Å². The van der Waals surface area contributed by atoms with Gasteiger partial charge in [0.1, 0.15) is 0 Å². The van der Waals surface area contributed by atoms with Gasteiger partial charge in [-0.25, -0.2) is 0 Å². The van der Waals surface area contributed by atoms with Gasteiger partial charge in [0.2, 0.25) is 0 Å². The predicted octanol–water partition coefficient (Wildman–Crippen LogP) is 5.66. The molecule has 2 aromatic carbocycles. The molecular formula is C13H7BrCl3NO. The van der Waals surface area contributed by atoms with Crippen molar-refractivity contribution in [3.8, 4) is 0 Å². The third kappa shape index (κ3) is 3.63. The number of hydrogen-bond donors (Lipinski definition) is 1.